The molecular formula is C30H55NO15. The second-order valence-corrected chi connectivity index (χ2v) is 9.09. The van der Waals surface area contributed by atoms with E-state index in [1.165, 1.54) is 0 Å². The van der Waals surface area contributed by atoms with Crippen LogP contribution in [-0.2, 0) is 66.5 Å². The van der Waals surface area contributed by atoms with Gasteiger partial charge in [-0.05, 0) is 6.42 Å². The Hall–Kier alpha value is -2.25. The van der Waals surface area contributed by atoms with Crippen LogP contribution < -0.4 is 5.32 Å². The predicted molar refractivity (Wildman–Crippen MR) is 164 cm³/mol. The molecule has 0 saturated carbocycles. The quantitative estimate of drug-likeness (QED) is 0.0518. The fourth-order valence-electron chi connectivity index (χ4n) is 3.05. The topological polar surface area (TPSA) is 185 Å². The number of rotatable bonds is 38. The van der Waals surface area contributed by atoms with Crippen molar-refractivity contribution in [2.24, 2.45) is 0 Å². The van der Waals surface area contributed by atoms with Crippen LogP contribution in [0.25, 0.3) is 0 Å². The van der Waals surface area contributed by atoms with Crippen LogP contribution in [0.15, 0.2) is 12.7 Å². The summed E-state index contributed by atoms with van der Waals surface area (Å²) in [6.07, 6.45) is 1.57. The van der Waals surface area contributed by atoms with E-state index >= 15 is 0 Å². The molecule has 0 saturated heterocycles. The second-order valence-electron chi connectivity index (χ2n) is 9.09. The third-order valence-electron chi connectivity index (χ3n) is 5.34. The number of ether oxygens (including phenoxy) is 11. The Kier molecular flexibility index (Phi) is 35.4. The third kappa shape index (κ3) is 37.9. The zero-order valence-electron chi connectivity index (χ0n) is 27.1. The molecule has 16 heteroatoms. The average Bonchev–Trinajstić information content (AvgIpc) is 3.05. The monoisotopic (exact) mass is 669 g/mol. The van der Waals surface area contributed by atoms with E-state index in [0.29, 0.717) is 145 Å². The molecule has 0 radical (unpaired) electrons. The van der Waals surface area contributed by atoms with Crippen LogP contribution in [0.4, 0.5) is 0 Å². The van der Waals surface area contributed by atoms with Crippen LogP contribution in [0.3, 0.4) is 0 Å². The minimum absolute atomic E-state index is 0.0136. The summed E-state index contributed by atoms with van der Waals surface area (Å²) in [5.41, 5.74) is 0. The maximum absolute atomic E-state index is 11.4. The van der Waals surface area contributed by atoms with Crippen LogP contribution in [0.5, 0.6) is 0 Å². The van der Waals surface area contributed by atoms with Crippen molar-refractivity contribution in [1.82, 2.24) is 5.32 Å². The summed E-state index contributed by atoms with van der Waals surface area (Å²) in [5, 5.41) is 11.2. The predicted octanol–water partition coefficient (Wildman–Crippen LogP) is 0.253. The largest absolute Gasteiger partial charge is 0.481 e. The molecule has 0 unspecified atom stereocenters. The lowest BCUT2D eigenvalue weighted by atomic mass is 10.3. The molecule has 0 aliphatic heterocycles. The van der Waals surface area contributed by atoms with E-state index in [-0.39, 0.29) is 25.4 Å². The summed E-state index contributed by atoms with van der Waals surface area (Å²) in [6.45, 7) is 13.1. The van der Waals surface area contributed by atoms with Crippen LogP contribution in [0.2, 0.25) is 0 Å². The van der Waals surface area contributed by atoms with Crippen molar-refractivity contribution in [1.29, 1.82) is 0 Å². The second kappa shape index (κ2) is 37.2. The number of carbonyl (C=O) groups is 3. The molecule has 1 amide bonds. The maximum Gasteiger partial charge on any atom is 0.330 e. The number of esters is 1. The van der Waals surface area contributed by atoms with Crippen molar-refractivity contribution in [2.45, 2.75) is 19.3 Å². The summed E-state index contributed by atoms with van der Waals surface area (Å²) in [4.78, 5) is 32.6. The molecule has 0 aliphatic carbocycles. The highest BCUT2D eigenvalue weighted by Gasteiger charge is 2.04. The number of hydrogen-bond acceptors (Lipinski definition) is 14. The number of amides is 1. The Morgan fingerprint density at radius 3 is 1.09 bits per heavy atom. The molecule has 0 atom stereocenters. The fraction of sp³-hybridized carbons (Fsp3) is 0.833. The van der Waals surface area contributed by atoms with Crippen molar-refractivity contribution in [3.63, 3.8) is 0 Å². The number of carbonyl (C=O) groups excluding carboxylic acids is 2. The number of hydrogen-bond donors (Lipinski definition) is 2. The molecule has 0 spiro atoms. The zero-order chi connectivity index (χ0) is 33.6. The lowest BCUT2D eigenvalue weighted by Gasteiger charge is -2.09. The van der Waals surface area contributed by atoms with Crippen molar-refractivity contribution in [2.75, 3.05) is 145 Å². The van der Waals surface area contributed by atoms with Gasteiger partial charge in [0.05, 0.1) is 132 Å². The van der Waals surface area contributed by atoms with E-state index in [0.717, 1.165) is 6.08 Å². The molecule has 0 aromatic heterocycles. The van der Waals surface area contributed by atoms with E-state index in [2.05, 4.69) is 11.9 Å². The van der Waals surface area contributed by atoms with E-state index in [1.807, 2.05) is 0 Å². The molecule has 0 fully saturated rings. The van der Waals surface area contributed by atoms with Gasteiger partial charge in [0.15, 0.2) is 0 Å². The van der Waals surface area contributed by atoms with Gasteiger partial charge in [0.25, 0.3) is 0 Å². The van der Waals surface area contributed by atoms with Gasteiger partial charge >= 0.3 is 11.9 Å². The summed E-state index contributed by atoms with van der Waals surface area (Å²) in [5.74, 6) is -1.72. The van der Waals surface area contributed by atoms with E-state index in [9.17, 15) is 14.4 Å². The molecule has 0 aromatic rings. The normalized spacial score (nSPS) is 11.0. The van der Waals surface area contributed by atoms with Gasteiger partial charge in [0.1, 0.15) is 6.61 Å². The first kappa shape index (κ1) is 43.8. The van der Waals surface area contributed by atoms with Gasteiger partial charge in [0.2, 0.25) is 5.91 Å². The molecule has 2 N–H and O–H groups in total. The lowest BCUT2D eigenvalue weighted by molar-refractivity contribution is -0.139. The first-order chi connectivity index (χ1) is 22.6. The smallest absolute Gasteiger partial charge is 0.330 e. The number of carboxylic acids is 1. The number of nitrogens with one attached hydrogen (secondary N) is 1. The van der Waals surface area contributed by atoms with Gasteiger partial charge in [-0.25, -0.2) is 4.79 Å². The Morgan fingerprint density at radius 1 is 0.478 bits per heavy atom. The van der Waals surface area contributed by atoms with Gasteiger partial charge in [-0.3, -0.25) is 9.59 Å². The molecule has 46 heavy (non-hydrogen) atoms. The van der Waals surface area contributed by atoms with E-state index < -0.39 is 11.9 Å². The molecule has 0 bridgehead atoms. The average molecular weight is 670 g/mol. The SMILES string of the molecule is C=CC(=O)OCCOCCOCCOCCOCCOCCOCCOCCOCCOCCOCCCNC(=O)CCC(=O)O. The van der Waals surface area contributed by atoms with Crippen LogP contribution in [0.1, 0.15) is 19.3 Å². The minimum atomic E-state index is -0.986. The van der Waals surface area contributed by atoms with Crippen molar-refractivity contribution >= 4 is 17.8 Å². The molecule has 270 valence electrons. The van der Waals surface area contributed by atoms with E-state index in [4.69, 9.17) is 57.2 Å². The van der Waals surface area contributed by atoms with Gasteiger partial charge in [-0.1, -0.05) is 6.58 Å². The number of carboxylic acid groups (broad SMARTS) is 1. The molecule has 0 heterocycles. The highest BCUT2D eigenvalue weighted by Crippen LogP contribution is 1.90. The Morgan fingerprint density at radius 2 is 0.783 bits per heavy atom. The zero-order valence-corrected chi connectivity index (χ0v) is 27.1. The van der Waals surface area contributed by atoms with Crippen molar-refractivity contribution < 1.29 is 71.6 Å². The molecular weight excluding hydrogens is 614 g/mol. The van der Waals surface area contributed by atoms with Crippen LogP contribution in [-0.4, -0.2) is 168 Å². The molecule has 0 aromatic carbocycles. The van der Waals surface area contributed by atoms with Gasteiger partial charge in [-0.15, -0.1) is 0 Å². The molecule has 0 aliphatic rings. The Bertz CT molecular complexity index is 714. The summed E-state index contributed by atoms with van der Waals surface area (Å²) >= 11 is 0. The van der Waals surface area contributed by atoms with Gasteiger partial charge in [0, 0.05) is 25.6 Å². The summed E-state index contributed by atoms with van der Waals surface area (Å²) < 4.78 is 58.9. The molecule has 0 rings (SSSR count). The third-order valence-corrected chi connectivity index (χ3v) is 5.34. The first-order valence-corrected chi connectivity index (χ1v) is 15.6. The summed E-state index contributed by atoms with van der Waals surface area (Å²) in [6, 6.07) is 0. The van der Waals surface area contributed by atoms with Gasteiger partial charge < -0.3 is 62.5 Å². The summed E-state index contributed by atoms with van der Waals surface area (Å²) in [7, 11) is 0. The van der Waals surface area contributed by atoms with Crippen LogP contribution in [0, 0.1) is 0 Å². The Labute approximate surface area is 272 Å². The standard InChI is InChI=1S/C30H55NO15/c1-2-30(35)46-27-26-45-25-24-44-23-22-43-21-20-42-19-18-41-17-16-40-15-14-39-13-12-38-11-10-37-9-8-36-7-3-6-31-28(32)4-5-29(33)34/h2H,1,3-27H2,(H,31,32)(H,33,34). The Balaban J connectivity index is 3.10. The van der Waals surface area contributed by atoms with Crippen LogP contribution >= 0.6 is 0 Å². The number of aliphatic carboxylic acids is 1. The fourth-order valence-corrected chi connectivity index (χ4v) is 3.05. The van der Waals surface area contributed by atoms with Gasteiger partial charge in [-0.2, -0.15) is 0 Å². The van der Waals surface area contributed by atoms with E-state index in [1.54, 1.807) is 0 Å². The van der Waals surface area contributed by atoms with Crippen molar-refractivity contribution in [3.8, 4) is 0 Å². The minimum Gasteiger partial charge on any atom is -0.481 e. The highest BCUT2D eigenvalue weighted by atomic mass is 16.6. The van der Waals surface area contributed by atoms with Crippen molar-refractivity contribution in [3.05, 3.63) is 12.7 Å². The lowest BCUT2D eigenvalue weighted by Crippen LogP contribution is -2.25. The first-order valence-electron chi connectivity index (χ1n) is 15.6. The highest BCUT2D eigenvalue weighted by molar-refractivity contribution is 5.81. The maximum atomic E-state index is 11.4. The molecule has 16 nitrogen and oxygen atoms in total.